The van der Waals surface area contributed by atoms with Gasteiger partial charge in [-0.05, 0) is 46.0 Å². The smallest absolute Gasteiger partial charge is 0.410 e. The molecule has 0 aromatic carbocycles. The van der Waals surface area contributed by atoms with E-state index in [0.29, 0.717) is 13.0 Å². The maximum absolute atomic E-state index is 12.1. The Morgan fingerprint density at radius 1 is 1.21 bits per heavy atom. The third kappa shape index (κ3) is 3.01. The molecular weight excluding hydrogens is 246 g/mol. The molecule has 2 saturated heterocycles. The number of piperidine rings is 2. The number of rotatable bonds is 1. The second kappa shape index (κ2) is 5.02. The van der Waals surface area contributed by atoms with Crippen molar-refractivity contribution in [3.05, 3.63) is 0 Å². The van der Waals surface area contributed by atoms with Crippen LogP contribution in [0.4, 0.5) is 4.79 Å². The van der Waals surface area contributed by atoms with E-state index in [1.54, 1.807) is 4.90 Å². The van der Waals surface area contributed by atoms with Gasteiger partial charge in [-0.15, -0.1) is 0 Å². The first-order valence-corrected chi connectivity index (χ1v) is 6.89. The van der Waals surface area contributed by atoms with Crippen molar-refractivity contribution in [1.29, 1.82) is 0 Å². The Balaban J connectivity index is 2.02. The molecule has 0 aromatic heterocycles. The fraction of sp³-hybridized carbons (Fsp3) is 0.857. The number of carbonyl (C=O) groups is 2. The monoisotopic (exact) mass is 269 g/mol. The Morgan fingerprint density at radius 2 is 1.89 bits per heavy atom. The van der Waals surface area contributed by atoms with Crippen LogP contribution in [-0.2, 0) is 14.3 Å². The number of fused-ring (bicyclic) bond motifs is 3. The average molecular weight is 269 g/mol. The predicted molar refractivity (Wildman–Crippen MR) is 69.6 cm³/mol. The molecule has 3 aliphatic rings. The van der Waals surface area contributed by atoms with Gasteiger partial charge in [0.15, 0.2) is 0 Å². The first-order valence-electron chi connectivity index (χ1n) is 6.89. The lowest BCUT2D eigenvalue weighted by molar-refractivity contribution is -0.153. The molecule has 5 heteroatoms. The number of esters is 1. The van der Waals surface area contributed by atoms with Gasteiger partial charge in [0.2, 0.25) is 0 Å². The fourth-order valence-electron chi connectivity index (χ4n) is 3.10. The van der Waals surface area contributed by atoms with Crippen molar-refractivity contribution in [3.8, 4) is 0 Å². The summed E-state index contributed by atoms with van der Waals surface area (Å²) in [4.78, 5) is 25.6. The van der Waals surface area contributed by atoms with Crippen molar-refractivity contribution in [2.45, 2.75) is 51.7 Å². The van der Waals surface area contributed by atoms with E-state index in [4.69, 9.17) is 9.47 Å². The molecule has 2 bridgehead atoms. The number of ether oxygens (including phenoxy) is 2. The first-order chi connectivity index (χ1) is 8.81. The minimum atomic E-state index is -0.477. The molecule has 19 heavy (non-hydrogen) atoms. The molecule has 2 aliphatic heterocycles. The number of hydrogen-bond acceptors (Lipinski definition) is 4. The lowest BCUT2D eigenvalue weighted by Gasteiger charge is -2.48. The molecule has 2 heterocycles. The van der Waals surface area contributed by atoms with E-state index in [9.17, 15) is 9.59 Å². The number of methoxy groups -OCH3 is 1. The summed E-state index contributed by atoms with van der Waals surface area (Å²) in [5.41, 5.74) is -0.477. The Bertz CT molecular complexity index is 374. The Morgan fingerprint density at radius 3 is 2.37 bits per heavy atom. The van der Waals surface area contributed by atoms with Gasteiger partial charge in [0.05, 0.1) is 13.0 Å². The highest BCUT2D eigenvalue weighted by Crippen LogP contribution is 2.40. The van der Waals surface area contributed by atoms with Gasteiger partial charge in [-0.3, -0.25) is 4.79 Å². The van der Waals surface area contributed by atoms with Crippen LogP contribution in [0.25, 0.3) is 0 Å². The molecule has 0 N–H and O–H groups in total. The zero-order valence-corrected chi connectivity index (χ0v) is 12.1. The molecule has 3 rings (SSSR count). The minimum Gasteiger partial charge on any atom is -0.469 e. The number of nitrogens with zero attached hydrogens (tertiary/aromatic N) is 1. The van der Waals surface area contributed by atoms with Crippen LogP contribution >= 0.6 is 0 Å². The van der Waals surface area contributed by atoms with Crippen LogP contribution in [0.15, 0.2) is 0 Å². The summed E-state index contributed by atoms with van der Waals surface area (Å²) in [5.74, 6) is 0.0194. The number of hydrogen-bond donors (Lipinski definition) is 0. The second-order valence-corrected chi connectivity index (χ2v) is 6.49. The number of carbonyl (C=O) groups excluding carboxylic acids is 2. The van der Waals surface area contributed by atoms with Crippen molar-refractivity contribution >= 4 is 12.1 Å². The zero-order valence-electron chi connectivity index (χ0n) is 12.1. The van der Waals surface area contributed by atoms with Gasteiger partial charge in [-0.25, -0.2) is 4.79 Å². The summed E-state index contributed by atoms with van der Waals surface area (Å²) in [6.07, 6.45) is 2.39. The van der Waals surface area contributed by atoms with Crippen LogP contribution in [0.5, 0.6) is 0 Å². The molecule has 0 radical (unpaired) electrons. The lowest BCUT2D eigenvalue weighted by Crippen LogP contribution is -2.56. The van der Waals surface area contributed by atoms with Gasteiger partial charge >= 0.3 is 12.1 Å². The summed E-state index contributed by atoms with van der Waals surface area (Å²) >= 11 is 0. The van der Waals surface area contributed by atoms with Gasteiger partial charge < -0.3 is 14.4 Å². The van der Waals surface area contributed by atoms with E-state index in [1.807, 2.05) is 20.8 Å². The summed E-state index contributed by atoms with van der Waals surface area (Å²) in [6, 6.07) is 0.115. The first kappa shape index (κ1) is 14.2. The lowest BCUT2D eigenvalue weighted by atomic mass is 9.72. The van der Waals surface area contributed by atoms with Crippen LogP contribution in [0.1, 0.15) is 40.0 Å². The van der Waals surface area contributed by atoms with Gasteiger partial charge in [0.1, 0.15) is 5.60 Å². The molecular formula is C14H23NO4. The SMILES string of the molecule is COC(=O)C1CC2CCC1CN2C(=O)OC(C)(C)C. The van der Waals surface area contributed by atoms with E-state index in [1.165, 1.54) is 7.11 Å². The summed E-state index contributed by atoms with van der Waals surface area (Å²) in [5, 5.41) is 0. The molecule has 5 nitrogen and oxygen atoms in total. The molecule has 3 fully saturated rings. The quantitative estimate of drug-likeness (QED) is 0.685. The van der Waals surface area contributed by atoms with E-state index in [2.05, 4.69) is 0 Å². The van der Waals surface area contributed by atoms with Crippen LogP contribution < -0.4 is 0 Å². The Labute approximate surface area is 114 Å². The van der Waals surface area contributed by atoms with E-state index < -0.39 is 5.60 Å². The van der Waals surface area contributed by atoms with Crippen LogP contribution in [0.3, 0.4) is 0 Å². The van der Waals surface area contributed by atoms with Crippen molar-refractivity contribution in [2.24, 2.45) is 11.8 Å². The Hall–Kier alpha value is -1.26. The predicted octanol–water partition coefficient (Wildman–Crippen LogP) is 2.20. The highest BCUT2D eigenvalue weighted by atomic mass is 16.6. The molecule has 0 aromatic rings. The number of amides is 1. The van der Waals surface area contributed by atoms with E-state index in [-0.39, 0.29) is 29.9 Å². The second-order valence-electron chi connectivity index (χ2n) is 6.49. The highest BCUT2D eigenvalue weighted by molar-refractivity contribution is 5.74. The van der Waals surface area contributed by atoms with E-state index >= 15 is 0 Å². The molecule has 1 saturated carbocycles. The molecule has 1 amide bonds. The molecule has 0 spiro atoms. The third-order valence-electron chi connectivity index (χ3n) is 3.97. The standard InChI is InChI=1S/C14H23NO4/c1-14(2,3)19-13(17)15-8-9-5-6-10(15)7-11(9)12(16)18-4/h9-11H,5-8H2,1-4H3. The highest BCUT2D eigenvalue weighted by Gasteiger charge is 2.46. The molecule has 3 atom stereocenters. The maximum Gasteiger partial charge on any atom is 0.410 e. The summed E-state index contributed by atoms with van der Waals surface area (Å²) in [6.45, 7) is 6.21. The summed E-state index contributed by atoms with van der Waals surface area (Å²) in [7, 11) is 1.43. The van der Waals surface area contributed by atoms with Crippen molar-refractivity contribution in [3.63, 3.8) is 0 Å². The van der Waals surface area contributed by atoms with Crippen molar-refractivity contribution in [2.75, 3.05) is 13.7 Å². The maximum atomic E-state index is 12.1. The molecule has 1 aliphatic carbocycles. The van der Waals surface area contributed by atoms with Crippen LogP contribution in [-0.4, -0.2) is 42.3 Å². The summed E-state index contributed by atoms with van der Waals surface area (Å²) < 4.78 is 10.3. The zero-order chi connectivity index (χ0) is 14.2. The van der Waals surface area contributed by atoms with Gasteiger partial charge in [0, 0.05) is 12.6 Å². The van der Waals surface area contributed by atoms with E-state index in [0.717, 1.165) is 12.8 Å². The van der Waals surface area contributed by atoms with Crippen molar-refractivity contribution < 1.29 is 19.1 Å². The minimum absolute atomic E-state index is 0.0533. The normalized spacial score (nSPS) is 30.1. The van der Waals surface area contributed by atoms with Gasteiger partial charge in [-0.1, -0.05) is 0 Å². The van der Waals surface area contributed by atoms with Gasteiger partial charge in [-0.2, -0.15) is 0 Å². The molecule has 3 unspecified atom stereocenters. The van der Waals surface area contributed by atoms with Crippen LogP contribution in [0.2, 0.25) is 0 Å². The van der Waals surface area contributed by atoms with Gasteiger partial charge in [0.25, 0.3) is 0 Å². The average Bonchev–Trinajstić information content (AvgIpc) is 2.36. The largest absolute Gasteiger partial charge is 0.469 e. The topological polar surface area (TPSA) is 55.8 Å². The fourth-order valence-corrected chi connectivity index (χ4v) is 3.10. The van der Waals surface area contributed by atoms with Crippen LogP contribution in [0, 0.1) is 11.8 Å². The Kier molecular flexibility index (Phi) is 3.74. The third-order valence-corrected chi connectivity index (χ3v) is 3.97. The van der Waals surface area contributed by atoms with Crippen molar-refractivity contribution in [1.82, 2.24) is 4.90 Å². The molecule has 108 valence electrons.